The first kappa shape index (κ1) is 25.1. The molecule has 0 aromatic carbocycles. The predicted octanol–water partition coefficient (Wildman–Crippen LogP) is 6.40. The second-order valence-electron chi connectivity index (χ2n) is 9.41. The van der Waals surface area contributed by atoms with Crippen molar-refractivity contribution in [1.82, 2.24) is 15.4 Å². The molecular weight excluding hydrogens is 426 g/mol. The Balaban J connectivity index is 1.88. The number of hydrogen-bond acceptors (Lipinski definition) is 6. The highest BCUT2D eigenvalue weighted by Crippen LogP contribution is 2.28. The van der Waals surface area contributed by atoms with Crippen LogP contribution in [0.5, 0.6) is 0 Å². The highest BCUT2D eigenvalue weighted by Gasteiger charge is 2.17. The molecule has 0 radical (unpaired) electrons. The summed E-state index contributed by atoms with van der Waals surface area (Å²) in [4.78, 5) is 21.1. The minimum atomic E-state index is -0.575. The molecule has 0 spiro atoms. The molecule has 1 aliphatic heterocycles. The molecule has 1 aliphatic rings. The summed E-state index contributed by atoms with van der Waals surface area (Å²) in [6.45, 7) is 14.8. The maximum Gasteiger partial charge on any atom is 0.413 e. The lowest BCUT2D eigenvalue weighted by Gasteiger charge is -2.19. The van der Waals surface area contributed by atoms with Crippen molar-refractivity contribution in [2.24, 2.45) is 5.10 Å². The van der Waals surface area contributed by atoms with Gasteiger partial charge in [0.15, 0.2) is 0 Å². The zero-order valence-electron chi connectivity index (χ0n) is 21.2. The van der Waals surface area contributed by atoms with E-state index in [4.69, 9.17) is 4.74 Å². The normalized spacial score (nSPS) is 15.6. The van der Waals surface area contributed by atoms with Gasteiger partial charge in [0, 0.05) is 42.4 Å². The Bertz CT molecular complexity index is 1200. The van der Waals surface area contributed by atoms with Gasteiger partial charge < -0.3 is 10.2 Å². The van der Waals surface area contributed by atoms with Crippen LogP contribution in [0.3, 0.4) is 0 Å². The molecule has 7 nitrogen and oxygen atoms in total. The lowest BCUT2D eigenvalue weighted by atomic mass is 9.93. The van der Waals surface area contributed by atoms with E-state index in [0.29, 0.717) is 5.82 Å². The summed E-state index contributed by atoms with van der Waals surface area (Å²) in [5.41, 5.74) is 10.2. The Labute approximate surface area is 202 Å². The van der Waals surface area contributed by atoms with E-state index in [1.165, 1.54) is 11.1 Å². The van der Waals surface area contributed by atoms with Crippen LogP contribution in [0, 0.1) is 0 Å². The first-order valence-corrected chi connectivity index (χ1v) is 11.7. The smallest absolute Gasteiger partial charge is 0.413 e. The third-order valence-electron chi connectivity index (χ3n) is 5.57. The molecule has 180 valence electrons. The molecule has 34 heavy (non-hydrogen) atoms. The number of nitrogens with one attached hydrogen (secondary N) is 2. The standard InChI is InChI=1S/C27H35N5O2/c1-8-17(3)22(23-10-11-30-32-23)12-18(4)21(9-2)19-13-20-16-29-25(14-24(20)28-15-19)31-26(33)34-27(5,6)7/h9,12-16,30H,8,10-11H2,1-7H3,(H,29,31,33)/b18-12-,21-9+,22-17-. The lowest BCUT2D eigenvalue weighted by molar-refractivity contribution is 0.0635. The Morgan fingerprint density at radius 3 is 2.59 bits per heavy atom. The van der Waals surface area contributed by atoms with Gasteiger partial charge in [-0.05, 0) is 76.8 Å². The summed E-state index contributed by atoms with van der Waals surface area (Å²) < 4.78 is 5.30. The highest BCUT2D eigenvalue weighted by atomic mass is 16.6. The number of aromatic nitrogens is 2. The van der Waals surface area contributed by atoms with Crippen LogP contribution in [0.1, 0.15) is 66.9 Å². The first-order valence-electron chi connectivity index (χ1n) is 11.7. The topological polar surface area (TPSA) is 88.5 Å². The molecule has 0 aliphatic carbocycles. The van der Waals surface area contributed by atoms with Crippen molar-refractivity contribution in [2.45, 2.75) is 66.9 Å². The minimum Gasteiger partial charge on any atom is -0.444 e. The molecule has 2 aromatic rings. The van der Waals surface area contributed by atoms with Crippen LogP contribution in [-0.2, 0) is 4.74 Å². The van der Waals surface area contributed by atoms with Crippen molar-refractivity contribution in [1.29, 1.82) is 0 Å². The highest BCUT2D eigenvalue weighted by molar-refractivity contribution is 6.04. The van der Waals surface area contributed by atoms with E-state index in [0.717, 1.165) is 52.7 Å². The van der Waals surface area contributed by atoms with E-state index in [1.54, 1.807) is 12.3 Å². The fourth-order valence-electron chi connectivity index (χ4n) is 3.78. The molecule has 0 fully saturated rings. The number of rotatable bonds is 6. The van der Waals surface area contributed by atoms with Crippen molar-refractivity contribution >= 4 is 34.1 Å². The van der Waals surface area contributed by atoms with E-state index in [9.17, 15) is 4.79 Å². The van der Waals surface area contributed by atoms with E-state index >= 15 is 0 Å². The van der Waals surface area contributed by atoms with Gasteiger partial charge in [-0.3, -0.25) is 10.3 Å². The number of anilines is 1. The SMILES string of the molecule is C\C=C(/C(C)=C\C(C1=NNCC1)=C(/C)CC)c1cnc2cc(NC(=O)OC(C)(C)C)ncc2c1. The van der Waals surface area contributed by atoms with Crippen LogP contribution >= 0.6 is 0 Å². The number of hydrogen-bond donors (Lipinski definition) is 2. The molecule has 7 heteroatoms. The second kappa shape index (κ2) is 10.6. The number of hydrazone groups is 1. The number of allylic oxidation sites excluding steroid dienone is 6. The number of pyridine rings is 2. The second-order valence-corrected chi connectivity index (χ2v) is 9.41. The molecule has 2 aromatic heterocycles. The summed E-state index contributed by atoms with van der Waals surface area (Å²) in [6.07, 6.45) is 9.29. The van der Waals surface area contributed by atoms with Gasteiger partial charge in [0.05, 0.1) is 11.2 Å². The van der Waals surface area contributed by atoms with Crippen molar-refractivity contribution in [2.75, 3.05) is 11.9 Å². The van der Waals surface area contributed by atoms with Crippen LogP contribution in [0.15, 0.2) is 58.5 Å². The Hall–Kier alpha value is -3.48. The summed E-state index contributed by atoms with van der Waals surface area (Å²) in [5.74, 6) is 0.403. The third-order valence-corrected chi connectivity index (χ3v) is 5.57. The van der Waals surface area contributed by atoms with Crippen molar-refractivity contribution in [3.8, 4) is 0 Å². The van der Waals surface area contributed by atoms with Gasteiger partial charge in [-0.1, -0.05) is 18.6 Å². The number of ether oxygens (including phenoxy) is 1. The number of amides is 1. The zero-order valence-corrected chi connectivity index (χ0v) is 21.2. The summed E-state index contributed by atoms with van der Waals surface area (Å²) in [6, 6.07) is 3.82. The quantitative estimate of drug-likeness (QED) is 0.486. The molecule has 3 rings (SSSR count). The monoisotopic (exact) mass is 461 g/mol. The molecular formula is C27H35N5O2. The van der Waals surface area contributed by atoms with Gasteiger partial charge in [0.2, 0.25) is 0 Å². The van der Waals surface area contributed by atoms with E-state index in [2.05, 4.69) is 64.8 Å². The zero-order chi connectivity index (χ0) is 24.9. The largest absolute Gasteiger partial charge is 0.444 e. The van der Waals surface area contributed by atoms with Crippen LogP contribution in [0.4, 0.5) is 10.6 Å². The lowest BCUT2D eigenvalue weighted by Crippen LogP contribution is -2.27. The molecule has 0 bridgehead atoms. The van der Waals surface area contributed by atoms with Crippen molar-refractivity contribution in [3.05, 3.63) is 59.0 Å². The molecule has 0 saturated carbocycles. The molecule has 1 amide bonds. The average Bonchev–Trinajstić information content (AvgIpc) is 3.30. The average molecular weight is 462 g/mol. The Morgan fingerprint density at radius 2 is 1.97 bits per heavy atom. The van der Waals surface area contributed by atoms with Gasteiger partial charge in [-0.25, -0.2) is 9.78 Å². The minimum absolute atomic E-state index is 0.403. The van der Waals surface area contributed by atoms with Gasteiger partial charge in [-0.15, -0.1) is 0 Å². The Morgan fingerprint density at radius 1 is 1.21 bits per heavy atom. The van der Waals surface area contributed by atoms with Crippen molar-refractivity contribution in [3.63, 3.8) is 0 Å². The first-order chi connectivity index (χ1) is 16.1. The van der Waals surface area contributed by atoms with Gasteiger partial charge in [0.25, 0.3) is 0 Å². The predicted molar refractivity (Wildman–Crippen MR) is 140 cm³/mol. The number of carbonyl (C=O) groups is 1. The van der Waals surface area contributed by atoms with E-state index in [1.807, 2.05) is 33.9 Å². The van der Waals surface area contributed by atoms with Gasteiger partial charge in [0.1, 0.15) is 11.4 Å². The van der Waals surface area contributed by atoms with E-state index < -0.39 is 11.7 Å². The van der Waals surface area contributed by atoms with Gasteiger partial charge >= 0.3 is 6.09 Å². The molecule has 3 heterocycles. The summed E-state index contributed by atoms with van der Waals surface area (Å²) in [5, 5.41) is 8.05. The molecule has 0 saturated heterocycles. The van der Waals surface area contributed by atoms with Crippen LogP contribution in [0.2, 0.25) is 0 Å². The maximum atomic E-state index is 12.1. The number of nitrogens with zero attached hydrogens (tertiary/aromatic N) is 3. The summed E-state index contributed by atoms with van der Waals surface area (Å²) in [7, 11) is 0. The number of fused-ring (bicyclic) bond motifs is 1. The Kier molecular flexibility index (Phi) is 7.87. The number of carbonyl (C=O) groups excluding carboxylic acids is 1. The van der Waals surface area contributed by atoms with Gasteiger partial charge in [-0.2, -0.15) is 5.10 Å². The van der Waals surface area contributed by atoms with Crippen LogP contribution in [0.25, 0.3) is 16.5 Å². The van der Waals surface area contributed by atoms with Crippen LogP contribution < -0.4 is 10.7 Å². The maximum absolute atomic E-state index is 12.1. The van der Waals surface area contributed by atoms with Crippen molar-refractivity contribution < 1.29 is 9.53 Å². The molecule has 0 unspecified atom stereocenters. The molecule has 0 atom stereocenters. The fourth-order valence-corrected chi connectivity index (χ4v) is 3.78. The van der Waals surface area contributed by atoms with E-state index in [-0.39, 0.29) is 0 Å². The van der Waals surface area contributed by atoms with Crippen LogP contribution in [-0.4, -0.2) is 33.9 Å². The molecule has 2 N–H and O–H groups in total. The fraction of sp³-hybridized carbons (Fsp3) is 0.407. The summed E-state index contributed by atoms with van der Waals surface area (Å²) >= 11 is 0. The third kappa shape index (κ3) is 6.31.